The highest BCUT2D eigenvalue weighted by atomic mass is 16.1. The highest BCUT2D eigenvalue weighted by Gasteiger charge is 2.29. The number of nitrogens with one attached hydrogen (secondary N) is 2. The van der Waals surface area contributed by atoms with E-state index in [0.717, 1.165) is 25.0 Å². The number of fused-ring (bicyclic) bond motifs is 1. The number of aromatic nitrogens is 1. The summed E-state index contributed by atoms with van der Waals surface area (Å²) in [6.07, 6.45) is 7.14. The Kier molecular flexibility index (Phi) is 3.94. The molecular formula is C16H25N3O. The fourth-order valence-electron chi connectivity index (χ4n) is 3.69. The number of pyridine rings is 1. The molecule has 1 aliphatic heterocycles. The molecule has 1 aliphatic carbocycles. The van der Waals surface area contributed by atoms with Crippen LogP contribution >= 0.6 is 0 Å². The number of piperidine rings is 1. The van der Waals surface area contributed by atoms with Crippen LogP contribution in [0.1, 0.15) is 63.3 Å². The molecule has 2 aliphatic rings. The van der Waals surface area contributed by atoms with Crippen LogP contribution in [0.25, 0.3) is 0 Å². The van der Waals surface area contributed by atoms with Crippen molar-refractivity contribution in [2.75, 3.05) is 0 Å². The number of hydrazine groups is 1. The molecule has 3 atom stereocenters. The van der Waals surface area contributed by atoms with Gasteiger partial charge in [-0.1, -0.05) is 12.5 Å². The zero-order valence-corrected chi connectivity index (χ0v) is 12.5. The fraction of sp³-hybridized carbons (Fsp3) is 0.688. The van der Waals surface area contributed by atoms with Gasteiger partial charge in [-0.05, 0) is 51.5 Å². The van der Waals surface area contributed by atoms with E-state index in [1.165, 1.54) is 24.8 Å². The van der Waals surface area contributed by atoms with Gasteiger partial charge in [0.2, 0.25) is 5.56 Å². The van der Waals surface area contributed by atoms with Crippen molar-refractivity contribution in [3.8, 4) is 0 Å². The number of nitrogens with zero attached hydrogens (tertiary/aromatic N) is 1. The normalized spacial score (nSPS) is 31.0. The summed E-state index contributed by atoms with van der Waals surface area (Å²) in [5, 5.41) is 2.44. The van der Waals surface area contributed by atoms with Crippen molar-refractivity contribution >= 4 is 0 Å². The van der Waals surface area contributed by atoms with Crippen LogP contribution < -0.4 is 11.0 Å². The Hall–Kier alpha value is -1.13. The Morgan fingerprint density at radius 2 is 1.90 bits per heavy atom. The summed E-state index contributed by atoms with van der Waals surface area (Å²) in [6, 6.07) is 5.18. The first-order valence-electron chi connectivity index (χ1n) is 7.92. The van der Waals surface area contributed by atoms with Crippen molar-refractivity contribution in [1.82, 2.24) is 15.4 Å². The average Bonchev–Trinajstić information content (AvgIpc) is 2.42. The van der Waals surface area contributed by atoms with Crippen molar-refractivity contribution in [2.24, 2.45) is 0 Å². The number of hydrogen-bond donors (Lipinski definition) is 2. The second-order valence-electron chi connectivity index (χ2n) is 6.37. The molecule has 20 heavy (non-hydrogen) atoms. The number of hydrogen-bond acceptors (Lipinski definition) is 3. The van der Waals surface area contributed by atoms with E-state index in [2.05, 4.69) is 29.3 Å². The quantitative estimate of drug-likeness (QED) is 0.872. The van der Waals surface area contributed by atoms with Gasteiger partial charge in [-0.2, -0.15) is 0 Å². The lowest BCUT2D eigenvalue weighted by molar-refractivity contribution is 0.0259. The molecule has 2 N–H and O–H groups in total. The lowest BCUT2D eigenvalue weighted by atomic mass is 9.91. The van der Waals surface area contributed by atoms with Crippen LogP contribution in [-0.2, 0) is 6.42 Å². The average molecular weight is 275 g/mol. The molecule has 4 heteroatoms. The van der Waals surface area contributed by atoms with Crippen molar-refractivity contribution in [1.29, 1.82) is 0 Å². The van der Waals surface area contributed by atoms with Crippen LogP contribution in [0.15, 0.2) is 16.9 Å². The van der Waals surface area contributed by atoms with Crippen LogP contribution in [0.4, 0.5) is 0 Å². The monoisotopic (exact) mass is 275 g/mol. The number of H-pyrrole nitrogens is 1. The zero-order valence-electron chi connectivity index (χ0n) is 12.5. The summed E-state index contributed by atoms with van der Waals surface area (Å²) in [5.74, 6) is 0. The van der Waals surface area contributed by atoms with E-state index in [1.807, 2.05) is 6.07 Å². The molecule has 2 heterocycles. The molecule has 0 spiro atoms. The second-order valence-corrected chi connectivity index (χ2v) is 6.37. The van der Waals surface area contributed by atoms with E-state index >= 15 is 0 Å². The fourth-order valence-corrected chi connectivity index (χ4v) is 3.69. The lowest BCUT2D eigenvalue weighted by Gasteiger charge is -2.42. The molecule has 110 valence electrons. The zero-order chi connectivity index (χ0) is 14.1. The van der Waals surface area contributed by atoms with Gasteiger partial charge in [-0.15, -0.1) is 0 Å². The number of aromatic amines is 1. The largest absolute Gasteiger partial charge is 0.326 e. The van der Waals surface area contributed by atoms with E-state index < -0.39 is 0 Å². The van der Waals surface area contributed by atoms with Gasteiger partial charge in [-0.25, -0.2) is 10.4 Å². The maximum Gasteiger partial charge on any atom is 0.248 e. The first-order chi connectivity index (χ1) is 9.65. The smallest absolute Gasteiger partial charge is 0.248 e. The standard InChI is InChI=1S/C16H25N3O/c1-11-5-3-6-12(2)19(11)18-15-8-4-7-14-13(15)9-10-16(20)17-14/h9-12,15,18H,3-8H2,1-2H3,(H,17,20). The molecule has 0 bridgehead atoms. The van der Waals surface area contributed by atoms with Crippen LogP contribution in [-0.4, -0.2) is 22.1 Å². The topological polar surface area (TPSA) is 48.1 Å². The summed E-state index contributed by atoms with van der Waals surface area (Å²) in [7, 11) is 0. The van der Waals surface area contributed by atoms with Gasteiger partial charge in [0.15, 0.2) is 0 Å². The third kappa shape index (κ3) is 2.67. The van der Waals surface area contributed by atoms with Crippen LogP contribution in [0.3, 0.4) is 0 Å². The molecule has 1 saturated heterocycles. The Balaban J connectivity index is 1.80. The van der Waals surface area contributed by atoms with Gasteiger partial charge < -0.3 is 4.98 Å². The lowest BCUT2D eigenvalue weighted by Crippen LogP contribution is -2.53. The Morgan fingerprint density at radius 1 is 1.15 bits per heavy atom. The summed E-state index contributed by atoms with van der Waals surface area (Å²) in [6.45, 7) is 4.61. The third-order valence-electron chi connectivity index (χ3n) is 4.83. The van der Waals surface area contributed by atoms with Gasteiger partial charge in [-0.3, -0.25) is 4.79 Å². The van der Waals surface area contributed by atoms with Crippen LogP contribution in [0.5, 0.6) is 0 Å². The van der Waals surface area contributed by atoms with Crippen LogP contribution in [0, 0.1) is 0 Å². The van der Waals surface area contributed by atoms with E-state index in [0.29, 0.717) is 18.1 Å². The summed E-state index contributed by atoms with van der Waals surface area (Å²) in [5.41, 5.74) is 6.16. The SMILES string of the molecule is CC1CCCC(C)N1NC1CCCc2[nH]c(=O)ccc21. The van der Waals surface area contributed by atoms with Crippen molar-refractivity contribution in [3.05, 3.63) is 33.7 Å². The molecule has 0 radical (unpaired) electrons. The molecule has 3 rings (SSSR count). The van der Waals surface area contributed by atoms with Crippen molar-refractivity contribution in [2.45, 2.75) is 70.5 Å². The van der Waals surface area contributed by atoms with Gasteiger partial charge in [0.05, 0.1) is 0 Å². The Bertz CT molecular complexity index is 515. The van der Waals surface area contributed by atoms with Gasteiger partial charge in [0, 0.05) is 29.9 Å². The van der Waals surface area contributed by atoms with E-state index in [4.69, 9.17) is 0 Å². The minimum Gasteiger partial charge on any atom is -0.326 e. The molecule has 1 aromatic heterocycles. The van der Waals surface area contributed by atoms with E-state index in [1.54, 1.807) is 6.07 Å². The Labute approximate surface area is 120 Å². The summed E-state index contributed by atoms with van der Waals surface area (Å²) in [4.78, 5) is 14.5. The molecule has 4 nitrogen and oxygen atoms in total. The predicted octanol–water partition coefficient (Wildman–Crippen LogP) is 2.52. The molecule has 0 amide bonds. The third-order valence-corrected chi connectivity index (χ3v) is 4.83. The molecule has 3 unspecified atom stereocenters. The molecule has 1 aromatic rings. The maximum absolute atomic E-state index is 11.5. The molecule has 0 saturated carbocycles. The van der Waals surface area contributed by atoms with Crippen molar-refractivity contribution in [3.63, 3.8) is 0 Å². The minimum atomic E-state index is 0.0177. The first kappa shape index (κ1) is 13.8. The number of rotatable bonds is 2. The van der Waals surface area contributed by atoms with Gasteiger partial charge in [0.25, 0.3) is 0 Å². The number of aryl methyl sites for hydroxylation is 1. The van der Waals surface area contributed by atoms with Gasteiger partial charge >= 0.3 is 0 Å². The van der Waals surface area contributed by atoms with Gasteiger partial charge in [0.1, 0.15) is 0 Å². The van der Waals surface area contributed by atoms with E-state index in [-0.39, 0.29) is 5.56 Å². The maximum atomic E-state index is 11.5. The van der Waals surface area contributed by atoms with E-state index in [9.17, 15) is 4.79 Å². The molecular weight excluding hydrogens is 250 g/mol. The Morgan fingerprint density at radius 3 is 2.65 bits per heavy atom. The highest BCUT2D eigenvalue weighted by molar-refractivity contribution is 5.26. The van der Waals surface area contributed by atoms with Crippen LogP contribution in [0.2, 0.25) is 0 Å². The molecule has 1 fully saturated rings. The minimum absolute atomic E-state index is 0.0177. The summed E-state index contributed by atoms with van der Waals surface area (Å²) < 4.78 is 0. The first-order valence-corrected chi connectivity index (χ1v) is 7.92. The van der Waals surface area contributed by atoms with Crippen molar-refractivity contribution < 1.29 is 0 Å². The molecule has 0 aromatic carbocycles. The highest BCUT2D eigenvalue weighted by Crippen LogP contribution is 2.30. The summed E-state index contributed by atoms with van der Waals surface area (Å²) >= 11 is 0. The second kappa shape index (κ2) is 5.70. The predicted molar refractivity (Wildman–Crippen MR) is 80.5 cm³/mol.